The van der Waals surface area contributed by atoms with Gasteiger partial charge in [-0.2, -0.15) is 8.78 Å². The second-order valence-corrected chi connectivity index (χ2v) is 4.38. The maximum absolute atomic E-state index is 12.3. The molecule has 7 heteroatoms. The topological polar surface area (TPSA) is 67.8 Å². The second-order valence-electron chi connectivity index (χ2n) is 4.38. The fraction of sp³-hybridized carbons (Fsp3) is 0.462. The van der Waals surface area contributed by atoms with Crippen LogP contribution in [0.2, 0.25) is 0 Å². The van der Waals surface area contributed by atoms with Crippen LogP contribution in [-0.2, 0) is 4.79 Å². The summed E-state index contributed by atoms with van der Waals surface area (Å²) in [6.45, 7) is 0.562. The Morgan fingerprint density at radius 1 is 1.30 bits per heavy atom. The minimum atomic E-state index is -3.01. The average molecular weight is 289 g/mol. The third-order valence-corrected chi connectivity index (χ3v) is 2.48. The highest BCUT2D eigenvalue weighted by Crippen LogP contribution is 2.31. The summed E-state index contributed by atoms with van der Waals surface area (Å²) in [5.74, 6) is -1.19. The number of carboxylic acid groups (broad SMARTS) is 1. The summed E-state index contributed by atoms with van der Waals surface area (Å²) in [7, 11) is 1.31. The van der Waals surface area contributed by atoms with Crippen molar-refractivity contribution in [3.63, 3.8) is 0 Å². The number of benzene rings is 1. The van der Waals surface area contributed by atoms with E-state index in [2.05, 4.69) is 10.1 Å². The van der Waals surface area contributed by atoms with Crippen LogP contribution in [0.25, 0.3) is 0 Å². The Morgan fingerprint density at radius 2 is 1.95 bits per heavy atom. The molecule has 20 heavy (non-hydrogen) atoms. The zero-order chi connectivity index (χ0) is 15.3. The third-order valence-electron chi connectivity index (χ3n) is 2.48. The van der Waals surface area contributed by atoms with Crippen molar-refractivity contribution in [2.45, 2.75) is 32.5 Å². The lowest BCUT2D eigenvalue weighted by molar-refractivity contribution is -0.139. The van der Waals surface area contributed by atoms with E-state index in [0.717, 1.165) is 0 Å². The summed E-state index contributed by atoms with van der Waals surface area (Å²) >= 11 is 0. The van der Waals surface area contributed by atoms with Gasteiger partial charge in [0.15, 0.2) is 11.5 Å². The minimum Gasteiger partial charge on any atom is -0.493 e. The monoisotopic (exact) mass is 289 g/mol. The molecule has 0 aliphatic rings. The van der Waals surface area contributed by atoms with Crippen molar-refractivity contribution < 1.29 is 28.2 Å². The molecular weight excluding hydrogens is 272 g/mol. The van der Waals surface area contributed by atoms with Gasteiger partial charge in [0.2, 0.25) is 0 Å². The molecule has 1 atom stereocenters. The van der Waals surface area contributed by atoms with E-state index in [4.69, 9.17) is 4.74 Å². The Bertz CT molecular complexity index is 466. The van der Waals surface area contributed by atoms with E-state index in [1.54, 1.807) is 13.8 Å². The van der Waals surface area contributed by atoms with E-state index in [1.807, 2.05) is 0 Å². The van der Waals surface area contributed by atoms with Crippen molar-refractivity contribution in [1.82, 2.24) is 5.32 Å². The molecule has 0 saturated carbocycles. The van der Waals surface area contributed by atoms with E-state index < -0.39 is 18.6 Å². The first-order valence-corrected chi connectivity index (χ1v) is 5.96. The third kappa shape index (κ3) is 4.34. The molecule has 2 N–H and O–H groups in total. The highest BCUT2D eigenvalue weighted by Gasteiger charge is 2.22. The van der Waals surface area contributed by atoms with Crippen LogP contribution in [0.3, 0.4) is 0 Å². The first kappa shape index (κ1) is 16.2. The standard InChI is InChI=1S/C13H17F2NO4/c1-7(2)16-11(12(17)18)8-4-5-9(19-3)10(6-8)20-13(14)15/h4-7,11,13,16H,1-3H3,(H,17,18). The predicted molar refractivity (Wildman–Crippen MR) is 68.3 cm³/mol. The van der Waals surface area contributed by atoms with Crippen molar-refractivity contribution in [2.75, 3.05) is 7.11 Å². The fourth-order valence-electron chi connectivity index (χ4n) is 1.70. The minimum absolute atomic E-state index is 0.0855. The van der Waals surface area contributed by atoms with Crippen molar-refractivity contribution in [1.29, 1.82) is 0 Å². The summed E-state index contributed by atoms with van der Waals surface area (Å²) in [4.78, 5) is 11.2. The van der Waals surface area contributed by atoms with Gasteiger partial charge in [0.25, 0.3) is 0 Å². The van der Waals surface area contributed by atoms with Crippen molar-refractivity contribution in [3.05, 3.63) is 23.8 Å². The van der Waals surface area contributed by atoms with Gasteiger partial charge in [-0.05, 0) is 31.5 Å². The number of methoxy groups -OCH3 is 1. The highest BCUT2D eigenvalue weighted by molar-refractivity contribution is 5.76. The zero-order valence-electron chi connectivity index (χ0n) is 11.4. The molecule has 0 amide bonds. The molecule has 0 saturated heterocycles. The molecule has 0 aromatic heterocycles. The van der Waals surface area contributed by atoms with Gasteiger partial charge >= 0.3 is 12.6 Å². The van der Waals surface area contributed by atoms with Crippen LogP contribution < -0.4 is 14.8 Å². The van der Waals surface area contributed by atoms with Crippen molar-refractivity contribution >= 4 is 5.97 Å². The van der Waals surface area contributed by atoms with E-state index >= 15 is 0 Å². The molecule has 1 unspecified atom stereocenters. The normalized spacial score (nSPS) is 12.6. The number of carbonyl (C=O) groups is 1. The number of halogens is 2. The lowest BCUT2D eigenvalue weighted by Gasteiger charge is -2.19. The van der Waals surface area contributed by atoms with Gasteiger partial charge < -0.3 is 14.6 Å². The summed E-state index contributed by atoms with van der Waals surface area (Å²) in [5.41, 5.74) is 0.308. The van der Waals surface area contributed by atoms with Crippen molar-refractivity contribution in [3.8, 4) is 11.5 Å². The number of hydrogen-bond acceptors (Lipinski definition) is 4. The summed E-state index contributed by atoms with van der Waals surface area (Å²) in [6.07, 6.45) is 0. The van der Waals surface area contributed by atoms with Gasteiger partial charge in [0.1, 0.15) is 6.04 Å². The van der Waals surface area contributed by atoms with Gasteiger partial charge in [-0.15, -0.1) is 0 Å². The van der Waals surface area contributed by atoms with Crippen LogP contribution in [-0.4, -0.2) is 30.8 Å². The molecule has 0 radical (unpaired) electrons. The first-order chi connectivity index (χ1) is 9.35. The summed E-state index contributed by atoms with van der Waals surface area (Å²) < 4.78 is 33.9. The molecular formula is C13H17F2NO4. The number of hydrogen-bond donors (Lipinski definition) is 2. The molecule has 0 heterocycles. The lowest BCUT2D eigenvalue weighted by atomic mass is 10.1. The molecule has 0 fully saturated rings. The van der Waals surface area contributed by atoms with Crippen LogP contribution in [0, 0.1) is 0 Å². The number of nitrogens with one attached hydrogen (secondary N) is 1. The Morgan fingerprint density at radius 3 is 2.40 bits per heavy atom. The van der Waals surface area contributed by atoms with Crippen LogP contribution in [0.5, 0.6) is 11.5 Å². The maximum Gasteiger partial charge on any atom is 0.387 e. The van der Waals surface area contributed by atoms with Gasteiger partial charge in [-0.1, -0.05) is 6.07 Å². The number of ether oxygens (including phenoxy) is 2. The van der Waals surface area contributed by atoms with Gasteiger partial charge in [-0.3, -0.25) is 10.1 Å². The Labute approximate surface area is 115 Å². The molecule has 1 rings (SSSR count). The van der Waals surface area contributed by atoms with E-state index in [0.29, 0.717) is 5.56 Å². The SMILES string of the molecule is COc1ccc(C(NC(C)C)C(=O)O)cc1OC(F)F. The average Bonchev–Trinajstić information content (AvgIpc) is 2.34. The van der Waals surface area contributed by atoms with Crippen molar-refractivity contribution in [2.24, 2.45) is 0 Å². The summed E-state index contributed by atoms with van der Waals surface area (Å²) in [6, 6.07) is 3.02. The molecule has 0 aliphatic heterocycles. The second kappa shape index (κ2) is 7.04. The highest BCUT2D eigenvalue weighted by atomic mass is 19.3. The largest absolute Gasteiger partial charge is 0.493 e. The Kier molecular flexibility index (Phi) is 5.69. The first-order valence-electron chi connectivity index (χ1n) is 5.96. The van der Waals surface area contributed by atoms with Crippen LogP contribution in [0.1, 0.15) is 25.5 Å². The fourth-order valence-corrected chi connectivity index (χ4v) is 1.70. The van der Waals surface area contributed by atoms with E-state index in [1.165, 1.54) is 25.3 Å². The predicted octanol–water partition coefficient (Wildman–Crippen LogP) is 2.42. The van der Waals surface area contributed by atoms with Gasteiger partial charge in [-0.25, -0.2) is 0 Å². The molecule has 5 nitrogen and oxygen atoms in total. The Balaban J connectivity index is 3.13. The smallest absolute Gasteiger partial charge is 0.387 e. The number of aliphatic carboxylic acids is 1. The lowest BCUT2D eigenvalue weighted by Crippen LogP contribution is -2.33. The van der Waals surface area contributed by atoms with Crippen LogP contribution in [0.15, 0.2) is 18.2 Å². The number of carboxylic acids is 1. The zero-order valence-corrected chi connectivity index (χ0v) is 11.4. The molecule has 0 aliphatic carbocycles. The quantitative estimate of drug-likeness (QED) is 0.807. The molecule has 1 aromatic carbocycles. The number of alkyl halides is 2. The van der Waals surface area contributed by atoms with Crippen LogP contribution in [0.4, 0.5) is 8.78 Å². The summed E-state index contributed by atoms with van der Waals surface area (Å²) in [5, 5.41) is 12.0. The van der Waals surface area contributed by atoms with Gasteiger partial charge in [0, 0.05) is 6.04 Å². The van der Waals surface area contributed by atoms with Gasteiger partial charge in [0.05, 0.1) is 7.11 Å². The van der Waals surface area contributed by atoms with Crippen LogP contribution >= 0.6 is 0 Å². The van der Waals surface area contributed by atoms with E-state index in [9.17, 15) is 18.7 Å². The maximum atomic E-state index is 12.3. The Hall–Kier alpha value is -1.89. The molecule has 0 bridgehead atoms. The molecule has 112 valence electrons. The molecule has 1 aromatic rings. The van der Waals surface area contributed by atoms with E-state index in [-0.39, 0.29) is 17.5 Å². The number of rotatable bonds is 7. The molecule has 0 spiro atoms.